The summed E-state index contributed by atoms with van der Waals surface area (Å²) in [5.74, 6) is 0.530. The van der Waals surface area contributed by atoms with E-state index < -0.39 is 12.2 Å². The summed E-state index contributed by atoms with van der Waals surface area (Å²) in [5, 5.41) is 24.7. The first-order valence-electron chi connectivity index (χ1n) is 14.9. The van der Waals surface area contributed by atoms with Crippen LogP contribution in [-0.2, 0) is 16.6 Å². The number of anilines is 2. The number of aromatic nitrogens is 2. The summed E-state index contributed by atoms with van der Waals surface area (Å²) < 4.78 is 13.0. The molecular weight excluding hydrogens is 586 g/mol. The molecule has 2 unspecified atom stereocenters. The van der Waals surface area contributed by atoms with Crippen molar-refractivity contribution in [3.8, 4) is 23.1 Å². The molecule has 242 valence electrons. The predicted molar refractivity (Wildman–Crippen MR) is 178 cm³/mol. The van der Waals surface area contributed by atoms with Crippen LogP contribution in [0.2, 0.25) is 0 Å². The molecule has 0 spiro atoms. The Balaban J connectivity index is 0.000000251. The first-order valence-corrected chi connectivity index (χ1v) is 14.9. The number of ether oxygens (including phenoxy) is 2. The van der Waals surface area contributed by atoms with Crippen LogP contribution < -0.4 is 20.1 Å². The normalized spacial score (nSPS) is 11.7. The number of hydrogen-bond donors (Lipinski definition) is 4. The zero-order chi connectivity index (χ0) is 34.0. The summed E-state index contributed by atoms with van der Waals surface area (Å²) in [7, 11) is 1.60. The number of carbonyl (C=O) groups excluding carboxylic acids is 2. The molecule has 0 aliphatic heterocycles. The fourth-order valence-corrected chi connectivity index (χ4v) is 4.52. The Morgan fingerprint density at radius 2 is 1.41 bits per heavy atom. The average Bonchev–Trinajstić information content (AvgIpc) is 3.28. The van der Waals surface area contributed by atoms with Crippen molar-refractivity contribution in [3.05, 3.63) is 94.6 Å². The third-order valence-electron chi connectivity index (χ3n) is 7.05. The van der Waals surface area contributed by atoms with Crippen molar-refractivity contribution < 1.29 is 29.3 Å². The first kappa shape index (κ1) is 35.0. The van der Waals surface area contributed by atoms with Crippen LogP contribution in [0.25, 0.3) is 4.85 Å². The molecule has 11 heteroatoms. The van der Waals surface area contributed by atoms with E-state index in [-0.39, 0.29) is 40.6 Å². The van der Waals surface area contributed by atoms with Gasteiger partial charge in [-0.3, -0.25) is 9.59 Å². The van der Waals surface area contributed by atoms with Crippen LogP contribution >= 0.6 is 0 Å². The lowest BCUT2D eigenvalue weighted by Gasteiger charge is -2.18. The van der Waals surface area contributed by atoms with Gasteiger partial charge in [0.2, 0.25) is 0 Å². The van der Waals surface area contributed by atoms with Crippen LogP contribution in [0.15, 0.2) is 60.9 Å². The van der Waals surface area contributed by atoms with Gasteiger partial charge in [0.25, 0.3) is 17.5 Å². The van der Waals surface area contributed by atoms with Gasteiger partial charge in [0.15, 0.2) is 29.7 Å². The van der Waals surface area contributed by atoms with E-state index in [0.717, 1.165) is 22.3 Å². The van der Waals surface area contributed by atoms with E-state index in [1.807, 2.05) is 77.9 Å². The van der Waals surface area contributed by atoms with E-state index in [1.165, 1.54) is 23.0 Å². The van der Waals surface area contributed by atoms with Crippen LogP contribution in [0.3, 0.4) is 0 Å². The highest BCUT2D eigenvalue weighted by atomic mass is 16.5. The Hall–Kier alpha value is -5.50. The molecule has 4 aromatic rings. The Morgan fingerprint density at radius 3 is 1.87 bits per heavy atom. The standard InChI is InChI=1S/C18H21N3O3.C17H20N2O3/c1-6-14(24-15-8-7-11(2)9-12(15)3)17(22)20-13-10-21(5)18(23)16(13)19-4;1-4-14(22-15-8-7-11(2)10-12(15)3)17(21)19-16-13(20)6-5-9-18-16/h7-10,14,23H,6H2,1-3,5H3,(H,20,22);5-10,14,20H,4H2,1-3H3,(H,18,19,21). The Labute approximate surface area is 269 Å². The van der Waals surface area contributed by atoms with Crippen LogP contribution in [-0.4, -0.2) is 43.8 Å². The lowest BCUT2D eigenvalue weighted by molar-refractivity contribution is -0.123. The van der Waals surface area contributed by atoms with Crippen LogP contribution in [0.4, 0.5) is 17.2 Å². The van der Waals surface area contributed by atoms with Gasteiger partial charge in [-0.2, -0.15) is 0 Å². The van der Waals surface area contributed by atoms with Crippen molar-refractivity contribution in [1.82, 2.24) is 9.55 Å². The van der Waals surface area contributed by atoms with Gasteiger partial charge >= 0.3 is 0 Å². The zero-order valence-electron chi connectivity index (χ0n) is 27.2. The van der Waals surface area contributed by atoms with Gasteiger partial charge in [-0.1, -0.05) is 49.2 Å². The number of nitrogens with one attached hydrogen (secondary N) is 2. The van der Waals surface area contributed by atoms with Gasteiger partial charge in [0.1, 0.15) is 11.5 Å². The van der Waals surface area contributed by atoms with Gasteiger partial charge in [-0.15, -0.1) is 0 Å². The lowest BCUT2D eigenvalue weighted by Crippen LogP contribution is -2.32. The second-order valence-corrected chi connectivity index (χ2v) is 10.9. The third kappa shape index (κ3) is 9.01. The summed E-state index contributed by atoms with van der Waals surface area (Å²) in [6, 6.07) is 14.6. The number of amides is 2. The summed E-state index contributed by atoms with van der Waals surface area (Å²) in [6.45, 7) is 18.7. The van der Waals surface area contributed by atoms with E-state index in [9.17, 15) is 19.8 Å². The number of aromatic hydroxyl groups is 2. The van der Waals surface area contributed by atoms with Crippen molar-refractivity contribution in [2.75, 3.05) is 10.6 Å². The molecule has 0 saturated heterocycles. The number of carbonyl (C=O) groups is 2. The fraction of sp³-hybridized carbons (Fsp3) is 0.314. The fourth-order valence-electron chi connectivity index (χ4n) is 4.52. The summed E-state index contributed by atoms with van der Waals surface area (Å²) in [4.78, 5) is 32.0. The van der Waals surface area contributed by atoms with Crippen LogP contribution in [0.5, 0.6) is 23.1 Å². The molecule has 2 aromatic heterocycles. The molecular formula is C35H41N5O6. The van der Waals surface area contributed by atoms with Gasteiger partial charge in [0.05, 0.1) is 12.3 Å². The maximum Gasteiger partial charge on any atom is 0.269 e. The molecule has 0 fully saturated rings. The molecule has 4 N–H and O–H groups in total. The Kier molecular flexibility index (Phi) is 12.2. The molecule has 2 heterocycles. The summed E-state index contributed by atoms with van der Waals surface area (Å²) in [6.07, 6.45) is 2.65. The van der Waals surface area contributed by atoms with Crippen molar-refractivity contribution in [2.45, 2.75) is 66.6 Å². The highest BCUT2D eigenvalue weighted by molar-refractivity contribution is 5.98. The topological polar surface area (TPSA) is 139 Å². The lowest BCUT2D eigenvalue weighted by atomic mass is 10.1. The SMILES string of the molecule is CCC(Oc1ccc(C)cc1C)C(=O)Nc1ncccc1O.[C-]#[N+]c1c(NC(=O)C(CC)Oc2ccc(C)cc2C)cn(C)c1O. The largest absolute Gasteiger partial charge is 0.504 e. The monoisotopic (exact) mass is 627 g/mol. The highest BCUT2D eigenvalue weighted by Crippen LogP contribution is 2.36. The number of nitrogens with zero attached hydrogens (tertiary/aromatic N) is 3. The molecule has 0 aliphatic rings. The minimum absolute atomic E-state index is 0.0206. The van der Waals surface area contributed by atoms with E-state index in [4.69, 9.17) is 16.0 Å². The second kappa shape index (κ2) is 16.0. The molecule has 2 atom stereocenters. The Morgan fingerprint density at radius 1 is 0.891 bits per heavy atom. The third-order valence-corrected chi connectivity index (χ3v) is 7.05. The second-order valence-electron chi connectivity index (χ2n) is 10.9. The number of rotatable bonds is 10. The van der Waals surface area contributed by atoms with Crippen molar-refractivity contribution in [3.63, 3.8) is 0 Å². The molecule has 0 radical (unpaired) electrons. The smallest absolute Gasteiger partial charge is 0.269 e. The Bertz CT molecular complexity index is 1730. The van der Waals surface area contributed by atoms with Gasteiger partial charge in [-0.05, 0) is 75.9 Å². The van der Waals surface area contributed by atoms with E-state index in [2.05, 4.69) is 20.5 Å². The summed E-state index contributed by atoms with van der Waals surface area (Å²) >= 11 is 0. The quantitative estimate of drug-likeness (QED) is 0.140. The first-order chi connectivity index (χ1) is 21.9. The van der Waals surface area contributed by atoms with Crippen LogP contribution in [0, 0.1) is 34.3 Å². The average molecular weight is 628 g/mol. The van der Waals surface area contributed by atoms with E-state index in [0.29, 0.717) is 24.3 Å². The predicted octanol–water partition coefficient (Wildman–Crippen LogP) is 6.89. The van der Waals surface area contributed by atoms with Crippen LogP contribution in [0.1, 0.15) is 48.9 Å². The van der Waals surface area contributed by atoms with E-state index >= 15 is 0 Å². The van der Waals surface area contributed by atoms with Gasteiger partial charge in [-0.25, -0.2) is 9.83 Å². The molecule has 2 amide bonds. The zero-order valence-corrected chi connectivity index (χ0v) is 27.2. The maximum atomic E-state index is 12.5. The number of hydrogen-bond acceptors (Lipinski definition) is 7. The maximum absolute atomic E-state index is 12.5. The minimum atomic E-state index is -0.688. The van der Waals surface area contributed by atoms with Crippen molar-refractivity contribution >= 4 is 29.0 Å². The van der Waals surface area contributed by atoms with E-state index in [1.54, 1.807) is 13.1 Å². The van der Waals surface area contributed by atoms with Gasteiger partial charge < -0.3 is 34.9 Å². The highest BCUT2D eigenvalue weighted by Gasteiger charge is 2.23. The van der Waals surface area contributed by atoms with Gasteiger partial charge in [0, 0.05) is 19.4 Å². The molecule has 11 nitrogen and oxygen atoms in total. The minimum Gasteiger partial charge on any atom is -0.504 e. The molecule has 0 aliphatic carbocycles. The molecule has 2 aromatic carbocycles. The molecule has 4 rings (SSSR count). The molecule has 0 bridgehead atoms. The molecule has 0 saturated carbocycles. The van der Waals surface area contributed by atoms with Crippen molar-refractivity contribution in [1.29, 1.82) is 0 Å². The molecule has 46 heavy (non-hydrogen) atoms. The van der Waals surface area contributed by atoms with Crippen molar-refractivity contribution in [2.24, 2.45) is 7.05 Å². The number of pyridine rings is 1. The number of benzene rings is 2. The number of aryl methyl sites for hydroxylation is 5. The summed E-state index contributed by atoms with van der Waals surface area (Å²) in [5.41, 5.74) is 4.50.